The van der Waals surface area contributed by atoms with Gasteiger partial charge in [0.15, 0.2) is 0 Å². The molecule has 0 saturated carbocycles. The van der Waals surface area contributed by atoms with E-state index in [0.29, 0.717) is 18.0 Å². The summed E-state index contributed by atoms with van der Waals surface area (Å²) in [4.78, 5) is 36.7. The molecular formula is C23H28N4O4S. The normalized spacial score (nSPS) is 17.8. The van der Waals surface area contributed by atoms with Gasteiger partial charge in [0.1, 0.15) is 11.2 Å². The molecule has 4 N–H and O–H groups in total. The predicted molar refractivity (Wildman–Crippen MR) is 125 cm³/mol. The van der Waals surface area contributed by atoms with Crippen molar-refractivity contribution in [3.8, 4) is 5.75 Å². The Morgan fingerprint density at radius 2 is 1.84 bits per heavy atom. The van der Waals surface area contributed by atoms with Crippen LogP contribution in [0.3, 0.4) is 0 Å². The fourth-order valence-corrected chi connectivity index (χ4v) is 4.24. The minimum absolute atomic E-state index is 0.106. The van der Waals surface area contributed by atoms with Gasteiger partial charge in [-0.05, 0) is 24.1 Å². The fourth-order valence-electron chi connectivity index (χ4n) is 3.34. The predicted octanol–water partition coefficient (Wildman–Crippen LogP) is 1.88. The molecule has 0 aliphatic carbocycles. The molecular weight excluding hydrogens is 428 g/mol. The first kappa shape index (κ1) is 23.6. The van der Waals surface area contributed by atoms with Crippen molar-refractivity contribution in [2.45, 2.75) is 30.8 Å². The summed E-state index contributed by atoms with van der Waals surface area (Å²) >= 11 is 1.26. The highest BCUT2D eigenvalue weighted by atomic mass is 32.2. The van der Waals surface area contributed by atoms with Crippen LogP contribution in [-0.2, 0) is 20.8 Å². The molecule has 1 heterocycles. The molecule has 1 aliphatic rings. The number of carbonyl (C=O) groups is 3. The summed E-state index contributed by atoms with van der Waals surface area (Å²) in [5, 5.41) is 11.7. The smallest absolute Gasteiger partial charge is 0.234 e. The van der Waals surface area contributed by atoms with E-state index in [4.69, 9.17) is 4.74 Å². The van der Waals surface area contributed by atoms with Crippen molar-refractivity contribution >= 4 is 35.2 Å². The van der Waals surface area contributed by atoms with E-state index in [-0.39, 0.29) is 42.4 Å². The van der Waals surface area contributed by atoms with Gasteiger partial charge in [0, 0.05) is 25.4 Å². The van der Waals surface area contributed by atoms with Crippen LogP contribution in [0, 0.1) is 0 Å². The Kier molecular flexibility index (Phi) is 8.94. The zero-order chi connectivity index (χ0) is 22.8. The highest BCUT2D eigenvalue weighted by molar-refractivity contribution is 8.00. The van der Waals surface area contributed by atoms with Gasteiger partial charge in [-0.25, -0.2) is 0 Å². The third kappa shape index (κ3) is 7.58. The topological polar surface area (TPSA) is 109 Å². The molecule has 32 heavy (non-hydrogen) atoms. The summed E-state index contributed by atoms with van der Waals surface area (Å²) in [6.07, 6.45) is 1.17. The van der Waals surface area contributed by atoms with E-state index >= 15 is 0 Å². The average molecular weight is 457 g/mol. The van der Waals surface area contributed by atoms with E-state index in [9.17, 15) is 14.4 Å². The van der Waals surface area contributed by atoms with Crippen molar-refractivity contribution in [3.63, 3.8) is 0 Å². The molecule has 0 spiro atoms. The number of methoxy groups -OCH3 is 1. The van der Waals surface area contributed by atoms with Crippen molar-refractivity contribution < 1.29 is 19.1 Å². The number of benzene rings is 2. The molecule has 1 fully saturated rings. The Balaban J connectivity index is 1.40. The molecule has 9 heteroatoms. The zero-order valence-electron chi connectivity index (χ0n) is 17.9. The molecule has 170 valence electrons. The number of ether oxygens (including phenoxy) is 1. The summed E-state index contributed by atoms with van der Waals surface area (Å²) in [5.74, 6) is 0.246. The lowest BCUT2D eigenvalue weighted by molar-refractivity contribution is -0.125. The van der Waals surface area contributed by atoms with Gasteiger partial charge in [0.25, 0.3) is 0 Å². The van der Waals surface area contributed by atoms with Crippen LogP contribution in [0.5, 0.6) is 5.75 Å². The van der Waals surface area contributed by atoms with E-state index in [1.54, 1.807) is 19.2 Å². The summed E-state index contributed by atoms with van der Waals surface area (Å²) in [6.45, 7) is 0.545. The van der Waals surface area contributed by atoms with Gasteiger partial charge >= 0.3 is 0 Å². The average Bonchev–Trinajstić information content (AvgIpc) is 2.78. The van der Waals surface area contributed by atoms with Crippen LogP contribution >= 0.6 is 11.8 Å². The van der Waals surface area contributed by atoms with Crippen LogP contribution < -0.4 is 26.0 Å². The molecule has 0 bridgehead atoms. The number of hydrogen-bond donors (Lipinski definition) is 4. The van der Waals surface area contributed by atoms with Crippen molar-refractivity contribution in [2.24, 2.45) is 0 Å². The Morgan fingerprint density at radius 3 is 2.62 bits per heavy atom. The van der Waals surface area contributed by atoms with E-state index in [1.807, 2.05) is 42.5 Å². The molecule has 2 aromatic rings. The van der Waals surface area contributed by atoms with Crippen LogP contribution in [0.2, 0.25) is 0 Å². The number of rotatable bonds is 10. The van der Waals surface area contributed by atoms with Crippen molar-refractivity contribution in [1.29, 1.82) is 0 Å². The number of hydrogen-bond acceptors (Lipinski definition) is 6. The standard InChI is InChI=1S/C23H28N4O4S/c1-31-19-10-6-5-9-18(19)26-22(30)15-32-23-25-17(14-21(29)27-23)13-20(28)24-12-11-16-7-3-2-4-8-16/h2-10,17,23,25H,11-15H2,1H3,(H,24,28)(H,26,30)(H,27,29). The Labute approximate surface area is 191 Å². The van der Waals surface area contributed by atoms with Crippen molar-refractivity contribution in [3.05, 3.63) is 60.2 Å². The minimum atomic E-state index is -0.443. The zero-order valence-corrected chi connectivity index (χ0v) is 18.7. The van der Waals surface area contributed by atoms with E-state index in [1.165, 1.54) is 11.8 Å². The first-order valence-electron chi connectivity index (χ1n) is 10.4. The summed E-state index contributed by atoms with van der Waals surface area (Å²) in [5.41, 5.74) is 1.30. The van der Waals surface area contributed by atoms with E-state index in [0.717, 1.165) is 12.0 Å². The lowest BCUT2D eigenvalue weighted by Gasteiger charge is -2.30. The van der Waals surface area contributed by atoms with Crippen molar-refractivity contribution in [1.82, 2.24) is 16.0 Å². The minimum Gasteiger partial charge on any atom is -0.495 e. The van der Waals surface area contributed by atoms with Crippen LogP contribution in [0.15, 0.2) is 54.6 Å². The molecule has 8 nitrogen and oxygen atoms in total. The molecule has 2 atom stereocenters. The van der Waals surface area contributed by atoms with E-state index in [2.05, 4.69) is 21.3 Å². The van der Waals surface area contributed by atoms with Gasteiger partial charge < -0.3 is 20.7 Å². The maximum atomic E-state index is 12.3. The van der Waals surface area contributed by atoms with Gasteiger partial charge in [0.05, 0.1) is 18.6 Å². The molecule has 1 saturated heterocycles. The van der Waals surface area contributed by atoms with E-state index < -0.39 is 5.50 Å². The van der Waals surface area contributed by atoms with Crippen LogP contribution in [0.1, 0.15) is 18.4 Å². The molecule has 1 aliphatic heterocycles. The molecule has 2 aromatic carbocycles. The maximum Gasteiger partial charge on any atom is 0.234 e. The molecule has 0 radical (unpaired) electrons. The SMILES string of the molecule is COc1ccccc1NC(=O)CSC1NC(=O)CC(CC(=O)NCCc2ccccc2)N1. The molecule has 3 rings (SSSR count). The number of carbonyl (C=O) groups excluding carboxylic acids is 3. The molecule has 0 aromatic heterocycles. The Hall–Kier alpha value is -3.04. The van der Waals surface area contributed by atoms with Gasteiger partial charge in [0.2, 0.25) is 17.7 Å². The first-order chi connectivity index (χ1) is 15.5. The Bertz CT molecular complexity index is 925. The monoisotopic (exact) mass is 456 g/mol. The highest BCUT2D eigenvalue weighted by Crippen LogP contribution is 2.23. The number of thioether (sulfide) groups is 1. The number of nitrogens with one attached hydrogen (secondary N) is 4. The largest absolute Gasteiger partial charge is 0.495 e. The maximum absolute atomic E-state index is 12.3. The Morgan fingerprint density at radius 1 is 1.09 bits per heavy atom. The van der Waals surface area contributed by atoms with Crippen LogP contribution in [0.25, 0.3) is 0 Å². The van der Waals surface area contributed by atoms with Crippen LogP contribution in [0.4, 0.5) is 5.69 Å². The fraction of sp³-hybridized carbons (Fsp3) is 0.348. The quantitative estimate of drug-likeness (QED) is 0.435. The van der Waals surface area contributed by atoms with Gasteiger partial charge in [-0.1, -0.05) is 42.5 Å². The second-order valence-electron chi connectivity index (χ2n) is 7.36. The third-order valence-corrected chi connectivity index (χ3v) is 5.90. The lowest BCUT2D eigenvalue weighted by atomic mass is 10.1. The van der Waals surface area contributed by atoms with Gasteiger partial charge in [-0.3, -0.25) is 19.7 Å². The number of anilines is 1. The second-order valence-corrected chi connectivity index (χ2v) is 8.46. The summed E-state index contributed by atoms with van der Waals surface area (Å²) in [7, 11) is 1.54. The van der Waals surface area contributed by atoms with Crippen LogP contribution in [-0.4, -0.2) is 48.7 Å². The third-order valence-electron chi connectivity index (χ3n) is 4.88. The number of amides is 3. The lowest BCUT2D eigenvalue weighted by Crippen LogP contribution is -2.56. The first-order valence-corrected chi connectivity index (χ1v) is 11.5. The number of para-hydroxylation sites is 2. The molecule has 3 amide bonds. The van der Waals surface area contributed by atoms with Crippen molar-refractivity contribution in [2.75, 3.05) is 24.7 Å². The highest BCUT2D eigenvalue weighted by Gasteiger charge is 2.28. The second kappa shape index (κ2) is 12.1. The van der Waals surface area contributed by atoms with Gasteiger partial charge in [-0.15, -0.1) is 11.8 Å². The summed E-state index contributed by atoms with van der Waals surface area (Å²) in [6, 6.07) is 16.8. The van der Waals surface area contributed by atoms with Gasteiger partial charge in [-0.2, -0.15) is 0 Å². The molecule has 2 unspecified atom stereocenters. The summed E-state index contributed by atoms with van der Waals surface area (Å²) < 4.78 is 5.23.